The Morgan fingerprint density at radius 2 is 1.83 bits per heavy atom. The van der Waals surface area contributed by atoms with Gasteiger partial charge in [-0.15, -0.1) is 0 Å². The molecular weight excluding hydrogens is 318 g/mol. The Hall–Kier alpha value is -1.02. The highest BCUT2D eigenvalue weighted by atomic mass is 35.5. The third-order valence-corrected chi connectivity index (χ3v) is 5.86. The van der Waals surface area contributed by atoms with E-state index >= 15 is 0 Å². The van der Waals surface area contributed by atoms with E-state index in [9.17, 15) is 4.79 Å². The largest absolute Gasteiger partial charge is 0.352 e. The minimum atomic E-state index is 0.0833. The van der Waals surface area contributed by atoms with Crippen LogP contribution in [0.5, 0.6) is 0 Å². The zero-order chi connectivity index (χ0) is 17.7. The minimum Gasteiger partial charge on any atom is -0.352 e. The first kappa shape index (κ1) is 19.3. The number of amides is 1. The Bertz CT molecular complexity index is 533. The van der Waals surface area contributed by atoms with Crippen LogP contribution in [0.25, 0.3) is 0 Å². The van der Waals surface area contributed by atoms with Crippen LogP contribution in [0, 0.1) is 11.8 Å². The van der Waals surface area contributed by atoms with Gasteiger partial charge in [0.2, 0.25) is 5.91 Å². The molecular formula is C21H32ClNO. The Balaban J connectivity index is 2.21. The van der Waals surface area contributed by atoms with Gasteiger partial charge in [-0.25, -0.2) is 0 Å². The maximum atomic E-state index is 12.5. The highest BCUT2D eigenvalue weighted by Gasteiger charge is 2.46. The average molecular weight is 350 g/mol. The van der Waals surface area contributed by atoms with E-state index in [1.807, 2.05) is 12.1 Å². The van der Waals surface area contributed by atoms with Gasteiger partial charge in [0.25, 0.3) is 0 Å². The molecule has 1 aliphatic carbocycles. The van der Waals surface area contributed by atoms with Crippen molar-refractivity contribution in [3.05, 3.63) is 34.9 Å². The number of benzene rings is 1. The van der Waals surface area contributed by atoms with E-state index in [4.69, 9.17) is 11.6 Å². The first-order valence-electron chi connectivity index (χ1n) is 9.42. The van der Waals surface area contributed by atoms with Crippen molar-refractivity contribution in [2.24, 2.45) is 11.8 Å². The van der Waals surface area contributed by atoms with E-state index in [-0.39, 0.29) is 17.4 Å². The average Bonchev–Trinajstić information content (AvgIpc) is 2.47. The molecule has 2 rings (SSSR count). The molecule has 0 heterocycles. The molecule has 1 aromatic carbocycles. The lowest BCUT2D eigenvalue weighted by Crippen LogP contribution is -2.55. The number of nitrogens with one attached hydrogen (secondary N) is 1. The number of hydrogen-bond donors (Lipinski definition) is 1. The van der Waals surface area contributed by atoms with Crippen LogP contribution >= 0.6 is 11.6 Å². The van der Waals surface area contributed by atoms with Gasteiger partial charge >= 0.3 is 0 Å². The lowest BCUT2D eigenvalue weighted by atomic mass is 9.59. The van der Waals surface area contributed by atoms with Crippen molar-refractivity contribution < 1.29 is 4.79 Å². The van der Waals surface area contributed by atoms with E-state index in [0.717, 1.165) is 30.7 Å². The monoisotopic (exact) mass is 349 g/mol. The summed E-state index contributed by atoms with van der Waals surface area (Å²) >= 11 is 6.07. The molecule has 0 bridgehead atoms. The van der Waals surface area contributed by atoms with Crippen LogP contribution in [-0.4, -0.2) is 11.9 Å². The van der Waals surface area contributed by atoms with Crippen LogP contribution in [0.2, 0.25) is 5.02 Å². The van der Waals surface area contributed by atoms with Crippen molar-refractivity contribution in [1.29, 1.82) is 0 Å². The van der Waals surface area contributed by atoms with Crippen molar-refractivity contribution in [2.75, 3.05) is 0 Å². The molecule has 1 amide bonds. The summed E-state index contributed by atoms with van der Waals surface area (Å²) in [5, 5.41) is 4.17. The molecule has 134 valence electrons. The standard InChI is InChI=1S/C21H32ClNO/c1-5-16(4)14-20(24)23-19(13-15(2)3)21(11-6-12-21)17-7-9-18(22)10-8-17/h7-10,15-16,19H,5-6,11-14H2,1-4H3,(H,23,24)/t16-,19+/m1/s1. The van der Waals surface area contributed by atoms with E-state index < -0.39 is 0 Å². The quantitative estimate of drug-likeness (QED) is 0.638. The van der Waals surface area contributed by atoms with Crippen molar-refractivity contribution in [2.45, 2.75) is 77.7 Å². The molecule has 0 spiro atoms. The fraction of sp³-hybridized carbons (Fsp3) is 0.667. The second-order valence-electron chi connectivity index (χ2n) is 7.98. The maximum absolute atomic E-state index is 12.5. The number of halogens is 1. The van der Waals surface area contributed by atoms with E-state index in [1.165, 1.54) is 12.0 Å². The van der Waals surface area contributed by atoms with Crippen molar-refractivity contribution in [3.63, 3.8) is 0 Å². The number of carbonyl (C=O) groups is 1. The van der Waals surface area contributed by atoms with E-state index in [2.05, 4.69) is 45.1 Å². The number of carbonyl (C=O) groups excluding carboxylic acids is 1. The summed E-state index contributed by atoms with van der Waals surface area (Å²) in [7, 11) is 0. The predicted octanol–water partition coefficient (Wildman–Crippen LogP) is 5.73. The molecule has 2 atom stereocenters. The third kappa shape index (κ3) is 4.53. The van der Waals surface area contributed by atoms with Gasteiger partial charge in [-0.2, -0.15) is 0 Å². The van der Waals surface area contributed by atoms with Gasteiger partial charge < -0.3 is 5.32 Å². The zero-order valence-corrected chi connectivity index (χ0v) is 16.3. The van der Waals surface area contributed by atoms with Gasteiger partial charge in [0, 0.05) is 22.9 Å². The Kier molecular flexibility index (Phi) is 6.74. The van der Waals surface area contributed by atoms with Crippen LogP contribution in [0.4, 0.5) is 0 Å². The SMILES string of the molecule is CC[C@@H](C)CC(=O)N[C@@H](CC(C)C)C1(c2ccc(Cl)cc2)CCC1. The molecule has 1 aliphatic rings. The highest BCUT2D eigenvalue weighted by molar-refractivity contribution is 6.30. The third-order valence-electron chi connectivity index (χ3n) is 5.61. The minimum absolute atomic E-state index is 0.0833. The van der Waals surface area contributed by atoms with Crippen molar-refractivity contribution >= 4 is 17.5 Å². The van der Waals surface area contributed by atoms with Crippen LogP contribution in [-0.2, 0) is 10.2 Å². The van der Waals surface area contributed by atoms with Crippen LogP contribution in [0.15, 0.2) is 24.3 Å². The molecule has 2 nitrogen and oxygen atoms in total. The maximum Gasteiger partial charge on any atom is 0.220 e. The summed E-state index contributed by atoms with van der Waals surface area (Å²) in [6.07, 6.45) is 6.23. The van der Waals surface area contributed by atoms with Crippen LogP contribution in [0.1, 0.15) is 71.8 Å². The van der Waals surface area contributed by atoms with Gasteiger partial charge in [0.05, 0.1) is 0 Å². The lowest BCUT2D eigenvalue weighted by molar-refractivity contribution is -0.123. The summed E-state index contributed by atoms with van der Waals surface area (Å²) in [5.74, 6) is 1.21. The van der Waals surface area contributed by atoms with Crippen molar-refractivity contribution in [1.82, 2.24) is 5.32 Å². The lowest BCUT2D eigenvalue weighted by Gasteiger charge is -2.49. The zero-order valence-electron chi connectivity index (χ0n) is 15.6. The molecule has 0 radical (unpaired) electrons. The van der Waals surface area contributed by atoms with Gasteiger partial charge in [0.15, 0.2) is 0 Å². The summed E-state index contributed by atoms with van der Waals surface area (Å²) in [4.78, 5) is 12.5. The smallest absolute Gasteiger partial charge is 0.220 e. The number of rotatable bonds is 8. The normalized spacial score (nSPS) is 18.8. The summed E-state index contributed by atoms with van der Waals surface area (Å²) in [6.45, 7) is 8.77. The molecule has 1 fully saturated rings. The Morgan fingerprint density at radius 1 is 1.21 bits per heavy atom. The van der Waals surface area contributed by atoms with Gasteiger partial charge in [-0.3, -0.25) is 4.79 Å². The van der Waals surface area contributed by atoms with Gasteiger partial charge in [0.1, 0.15) is 0 Å². The van der Waals surface area contributed by atoms with Crippen molar-refractivity contribution in [3.8, 4) is 0 Å². The topological polar surface area (TPSA) is 29.1 Å². The predicted molar refractivity (Wildman–Crippen MR) is 102 cm³/mol. The molecule has 1 aromatic rings. The van der Waals surface area contributed by atoms with Gasteiger partial charge in [-0.1, -0.05) is 64.3 Å². The molecule has 0 saturated heterocycles. The molecule has 1 saturated carbocycles. The number of hydrogen-bond acceptors (Lipinski definition) is 1. The first-order valence-corrected chi connectivity index (χ1v) is 9.80. The molecule has 24 heavy (non-hydrogen) atoms. The molecule has 3 heteroatoms. The Labute approximate surface area is 152 Å². The fourth-order valence-electron chi connectivity index (χ4n) is 3.79. The second kappa shape index (κ2) is 8.38. The first-order chi connectivity index (χ1) is 11.4. The second-order valence-corrected chi connectivity index (χ2v) is 8.42. The van der Waals surface area contributed by atoms with E-state index in [0.29, 0.717) is 18.3 Å². The van der Waals surface area contributed by atoms with Crippen LogP contribution in [0.3, 0.4) is 0 Å². The summed E-state index contributed by atoms with van der Waals surface area (Å²) < 4.78 is 0. The summed E-state index contributed by atoms with van der Waals surface area (Å²) in [6, 6.07) is 8.46. The highest BCUT2D eigenvalue weighted by Crippen LogP contribution is 2.48. The molecule has 0 unspecified atom stereocenters. The molecule has 0 aromatic heterocycles. The van der Waals surface area contributed by atoms with Gasteiger partial charge in [-0.05, 0) is 48.8 Å². The fourth-order valence-corrected chi connectivity index (χ4v) is 3.91. The van der Waals surface area contributed by atoms with Crippen LogP contribution < -0.4 is 5.32 Å². The Morgan fingerprint density at radius 3 is 2.29 bits per heavy atom. The molecule has 0 aliphatic heterocycles. The molecule has 1 N–H and O–H groups in total. The summed E-state index contributed by atoms with van der Waals surface area (Å²) in [5.41, 5.74) is 1.41. The van der Waals surface area contributed by atoms with E-state index in [1.54, 1.807) is 0 Å².